The molecule has 1 rings (SSSR count). The molecule has 0 aliphatic heterocycles. The minimum Gasteiger partial charge on any atom is -0.327 e. The Hall–Kier alpha value is -0.830. The van der Waals surface area contributed by atoms with Crippen LogP contribution in [0.5, 0.6) is 0 Å². The summed E-state index contributed by atoms with van der Waals surface area (Å²) in [6, 6.07) is 1.63. The molecule has 0 spiro atoms. The Bertz CT molecular complexity index is 558. The summed E-state index contributed by atoms with van der Waals surface area (Å²) in [6.45, 7) is 1.45. The van der Waals surface area contributed by atoms with E-state index in [2.05, 4.69) is 4.72 Å². The third-order valence-corrected chi connectivity index (χ3v) is 4.05. The van der Waals surface area contributed by atoms with Crippen molar-refractivity contribution in [3.63, 3.8) is 0 Å². The molecule has 4 nitrogen and oxygen atoms in total. The summed E-state index contributed by atoms with van der Waals surface area (Å²) >= 11 is 5.63. The van der Waals surface area contributed by atoms with E-state index in [1.807, 2.05) is 0 Å². The topological polar surface area (TPSA) is 72.2 Å². The Morgan fingerprint density at radius 3 is 2.47 bits per heavy atom. The number of rotatable bonds is 4. The van der Waals surface area contributed by atoms with Gasteiger partial charge in [-0.1, -0.05) is 11.6 Å². The Balaban J connectivity index is 3.19. The minimum atomic E-state index is -4.64. The zero-order chi connectivity index (χ0) is 14.8. The van der Waals surface area contributed by atoms with Gasteiger partial charge in [-0.05, 0) is 25.1 Å². The quantitative estimate of drug-likeness (QED) is 0.892. The smallest absolute Gasteiger partial charge is 0.327 e. The van der Waals surface area contributed by atoms with Gasteiger partial charge in [-0.2, -0.15) is 13.2 Å². The Morgan fingerprint density at radius 2 is 2.00 bits per heavy atom. The Morgan fingerprint density at radius 1 is 1.42 bits per heavy atom. The largest absolute Gasteiger partial charge is 0.416 e. The molecule has 0 aromatic heterocycles. The Labute approximate surface area is 113 Å². The first-order chi connectivity index (χ1) is 8.54. The molecule has 0 radical (unpaired) electrons. The predicted molar refractivity (Wildman–Crippen MR) is 65.3 cm³/mol. The van der Waals surface area contributed by atoms with E-state index in [4.69, 9.17) is 17.3 Å². The second kappa shape index (κ2) is 5.66. The average Bonchev–Trinajstić information content (AvgIpc) is 2.25. The SMILES string of the molecule is CC(N)CNS(=O)(=O)c1cc(C(F)(F)F)ccc1Cl. The van der Waals surface area contributed by atoms with Crippen LogP contribution in [-0.2, 0) is 16.2 Å². The highest BCUT2D eigenvalue weighted by molar-refractivity contribution is 7.89. The van der Waals surface area contributed by atoms with Crippen molar-refractivity contribution in [2.75, 3.05) is 6.54 Å². The maximum Gasteiger partial charge on any atom is 0.416 e. The lowest BCUT2D eigenvalue weighted by Crippen LogP contribution is -2.35. The molecule has 0 heterocycles. The first-order valence-corrected chi connectivity index (χ1v) is 7.02. The van der Waals surface area contributed by atoms with Crippen LogP contribution in [0.25, 0.3) is 0 Å². The summed E-state index contributed by atoms with van der Waals surface area (Å²) in [6.07, 6.45) is -4.64. The molecule has 1 aromatic rings. The number of halogens is 4. The highest BCUT2D eigenvalue weighted by Crippen LogP contribution is 2.33. The van der Waals surface area contributed by atoms with Gasteiger partial charge in [0.05, 0.1) is 10.6 Å². The van der Waals surface area contributed by atoms with Crippen molar-refractivity contribution in [1.82, 2.24) is 4.72 Å². The molecule has 0 aliphatic rings. The van der Waals surface area contributed by atoms with Crippen molar-refractivity contribution in [3.8, 4) is 0 Å². The average molecular weight is 317 g/mol. The molecule has 19 heavy (non-hydrogen) atoms. The van der Waals surface area contributed by atoms with Crippen molar-refractivity contribution in [3.05, 3.63) is 28.8 Å². The van der Waals surface area contributed by atoms with Crippen molar-refractivity contribution in [1.29, 1.82) is 0 Å². The predicted octanol–water partition coefficient (Wildman–Crippen LogP) is 1.98. The maximum atomic E-state index is 12.5. The van der Waals surface area contributed by atoms with Crippen molar-refractivity contribution in [2.45, 2.75) is 24.0 Å². The fourth-order valence-corrected chi connectivity index (χ4v) is 2.87. The fraction of sp³-hybridized carbons (Fsp3) is 0.400. The minimum absolute atomic E-state index is 0.102. The van der Waals surface area contributed by atoms with E-state index in [0.717, 1.165) is 6.07 Å². The molecular formula is C10H12ClF3N2O2S. The molecule has 0 saturated carbocycles. The second-order valence-electron chi connectivity index (χ2n) is 3.97. The van der Waals surface area contributed by atoms with Gasteiger partial charge < -0.3 is 5.73 Å². The van der Waals surface area contributed by atoms with Crippen LogP contribution < -0.4 is 10.5 Å². The second-order valence-corrected chi connectivity index (χ2v) is 6.11. The highest BCUT2D eigenvalue weighted by Gasteiger charge is 2.32. The van der Waals surface area contributed by atoms with Crippen LogP contribution in [0.3, 0.4) is 0 Å². The molecule has 1 unspecified atom stereocenters. The molecule has 0 fully saturated rings. The number of nitrogens with two attached hydrogens (primary N) is 1. The molecule has 0 amide bonds. The molecule has 1 aromatic carbocycles. The summed E-state index contributed by atoms with van der Waals surface area (Å²) in [5.74, 6) is 0. The maximum absolute atomic E-state index is 12.5. The standard InChI is InChI=1S/C10H12ClF3N2O2S/c1-6(15)5-16-19(17,18)9-4-7(10(12,13)14)2-3-8(9)11/h2-4,6,16H,5,15H2,1H3. The van der Waals surface area contributed by atoms with Crippen LogP contribution in [0.2, 0.25) is 5.02 Å². The van der Waals surface area contributed by atoms with E-state index < -0.39 is 32.7 Å². The summed E-state index contributed by atoms with van der Waals surface area (Å²) in [4.78, 5) is -0.621. The number of hydrogen-bond acceptors (Lipinski definition) is 3. The van der Waals surface area contributed by atoms with Crippen LogP contribution in [0.1, 0.15) is 12.5 Å². The lowest BCUT2D eigenvalue weighted by molar-refractivity contribution is -0.137. The summed E-state index contributed by atoms with van der Waals surface area (Å²) < 4.78 is 63.3. The summed E-state index contributed by atoms with van der Waals surface area (Å²) in [5.41, 5.74) is 4.29. The highest BCUT2D eigenvalue weighted by atomic mass is 35.5. The molecular weight excluding hydrogens is 305 g/mol. The van der Waals surface area contributed by atoms with E-state index in [-0.39, 0.29) is 11.6 Å². The Kier molecular flexibility index (Phi) is 4.83. The molecule has 0 saturated heterocycles. The molecule has 0 aliphatic carbocycles. The first-order valence-electron chi connectivity index (χ1n) is 5.16. The third kappa shape index (κ3) is 4.34. The molecule has 3 N–H and O–H groups in total. The van der Waals surface area contributed by atoms with E-state index in [1.165, 1.54) is 0 Å². The van der Waals surface area contributed by atoms with Gasteiger partial charge in [0.2, 0.25) is 10.0 Å². The van der Waals surface area contributed by atoms with E-state index in [9.17, 15) is 21.6 Å². The van der Waals surface area contributed by atoms with Crippen LogP contribution >= 0.6 is 11.6 Å². The summed E-state index contributed by atoms with van der Waals surface area (Å²) in [7, 11) is -4.13. The molecule has 0 bridgehead atoms. The number of sulfonamides is 1. The van der Waals surface area contributed by atoms with Gasteiger partial charge in [0.1, 0.15) is 4.90 Å². The van der Waals surface area contributed by atoms with Crippen LogP contribution in [0, 0.1) is 0 Å². The third-order valence-electron chi connectivity index (χ3n) is 2.14. The van der Waals surface area contributed by atoms with Gasteiger partial charge in [0.15, 0.2) is 0 Å². The normalized spacial score (nSPS) is 14.4. The molecule has 108 valence electrons. The van der Waals surface area contributed by atoms with Crippen LogP contribution in [0.4, 0.5) is 13.2 Å². The van der Waals surface area contributed by atoms with Crippen LogP contribution in [0.15, 0.2) is 23.1 Å². The summed E-state index contributed by atoms with van der Waals surface area (Å²) in [5, 5.41) is -0.287. The van der Waals surface area contributed by atoms with E-state index in [1.54, 1.807) is 6.92 Å². The van der Waals surface area contributed by atoms with Gasteiger partial charge >= 0.3 is 6.18 Å². The van der Waals surface area contributed by atoms with Gasteiger partial charge in [-0.25, -0.2) is 13.1 Å². The lowest BCUT2D eigenvalue weighted by atomic mass is 10.2. The number of hydrogen-bond donors (Lipinski definition) is 2. The van der Waals surface area contributed by atoms with Gasteiger partial charge in [0, 0.05) is 12.6 Å². The fourth-order valence-electron chi connectivity index (χ4n) is 1.20. The zero-order valence-electron chi connectivity index (χ0n) is 9.83. The lowest BCUT2D eigenvalue weighted by Gasteiger charge is -2.12. The number of nitrogens with one attached hydrogen (secondary N) is 1. The van der Waals surface area contributed by atoms with Gasteiger partial charge in [-0.15, -0.1) is 0 Å². The molecule has 9 heteroatoms. The van der Waals surface area contributed by atoms with Gasteiger partial charge in [0.25, 0.3) is 0 Å². The van der Waals surface area contributed by atoms with Crippen molar-refractivity contribution in [2.24, 2.45) is 5.73 Å². The first kappa shape index (κ1) is 16.2. The van der Waals surface area contributed by atoms with Gasteiger partial charge in [-0.3, -0.25) is 0 Å². The van der Waals surface area contributed by atoms with E-state index in [0.29, 0.717) is 12.1 Å². The monoisotopic (exact) mass is 316 g/mol. The zero-order valence-corrected chi connectivity index (χ0v) is 11.4. The van der Waals surface area contributed by atoms with Crippen molar-refractivity contribution >= 4 is 21.6 Å². The van der Waals surface area contributed by atoms with Crippen LogP contribution in [-0.4, -0.2) is 21.0 Å². The number of benzene rings is 1. The molecule has 1 atom stereocenters. The van der Waals surface area contributed by atoms with E-state index >= 15 is 0 Å². The number of alkyl halides is 3. The van der Waals surface area contributed by atoms with Crippen molar-refractivity contribution < 1.29 is 21.6 Å².